The minimum Gasteiger partial charge on any atom is -0.496 e. The average molecular weight is 245 g/mol. The Bertz CT molecular complexity index is 549. The molecule has 0 saturated carbocycles. The molecule has 1 heterocycles. The summed E-state index contributed by atoms with van der Waals surface area (Å²) in [4.78, 5) is 4.44. The molecule has 4 nitrogen and oxygen atoms in total. The SMILES string of the molecule is COc1c(C)cc(-c2ncn(C)c2CN)cc1C. The molecule has 2 N–H and O–H groups in total. The predicted octanol–water partition coefficient (Wildman–Crippen LogP) is 2.17. The van der Waals surface area contributed by atoms with Gasteiger partial charge < -0.3 is 15.0 Å². The Labute approximate surface area is 107 Å². The molecule has 0 saturated heterocycles. The summed E-state index contributed by atoms with van der Waals surface area (Å²) in [6, 6.07) is 4.18. The van der Waals surface area contributed by atoms with Crippen LogP contribution in [0.4, 0.5) is 0 Å². The zero-order valence-electron chi connectivity index (χ0n) is 11.3. The molecule has 0 spiro atoms. The number of hydrogen-bond acceptors (Lipinski definition) is 3. The van der Waals surface area contributed by atoms with Gasteiger partial charge in [-0.2, -0.15) is 0 Å². The van der Waals surface area contributed by atoms with E-state index < -0.39 is 0 Å². The topological polar surface area (TPSA) is 53.1 Å². The molecule has 18 heavy (non-hydrogen) atoms. The molecule has 4 heteroatoms. The van der Waals surface area contributed by atoms with Crippen molar-refractivity contribution < 1.29 is 4.74 Å². The maximum atomic E-state index is 5.78. The number of nitrogens with two attached hydrogens (primary N) is 1. The van der Waals surface area contributed by atoms with Gasteiger partial charge in [-0.05, 0) is 37.1 Å². The molecule has 96 valence electrons. The van der Waals surface area contributed by atoms with Crippen molar-refractivity contribution in [3.05, 3.63) is 35.3 Å². The first-order chi connectivity index (χ1) is 8.58. The average Bonchev–Trinajstić information content (AvgIpc) is 2.69. The van der Waals surface area contributed by atoms with Crippen LogP contribution in [0, 0.1) is 13.8 Å². The molecule has 0 aliphatic rings. The van der Waals surface area contributed by atoms with Crippen LogP contribution >= 0.6 is 0 Å². The Balaban J connectivity index is 2.58. The fourth-order valence-corrected chi connectivity index (χ4v) is 2.35. The van der Waals surface area contributed by atoms with Crippen molar-refractivity contribution in [1.82, 2.24) is 9.55 Å². The first kappa shape index (κ1) is 12.6. The van der Waals surface area contributed by atoms with Crippen molar-refractivity contribution >= 4 is 0 Å². The zero-order chi connectivity index (χ0) is 13.3. The fraction of sp³-hybridized carbons (Fsp3) is 0.357. The molecule has 0 bridgehead atoms. The third-order valence-electron chi connectivity index (χ3n) is 3.19. The number of benzene rings is 1. The molecule has 0 aliphatic carbocycles. The van der Waals surface area contributed by atoms with Crippen LogP contribution in [-0.4, -0.2) is 16.7 Å². The van der Waals surface area contributed by atoms with E-state index in [-0.39, 0.29) is 0 Å². The highest BCUT2D eigenvalue weighted by molar-refractivity contribution is 5.66. The second-order valence-electron chi connectivity index (χ2n) is 4.50. The molecule has 0 unspecified atom stereocenters. The Morgan fingerprint density at radius 3 is 2.39 bits per heavy atom. The third-order valence-corrected chi connectivity index (χ3v) is 3.19. The summed E-state index contributed by atoms with van der Waals surface area (Å²) in [6.45, 7) is 4.57. The maximum absolute atomic E-state index is 5.78. The third kappa shape index (κ3) is 1.99. The van der Waals surface area contributed by atoms with Gasteiger partial charge in [0, 0.05) is 19.2 Å². The summed E-state index contributed by atoms with van der Waals surface area (Å²) in [5.41, 5.74) is 11.1. The van der Waals surface area contributed by atoms with Crippen LogP contribution in [-0.2, 0) is 13.6 Å². The van der Waals surface area contributed by atoms with Crippen molar-refractivity contribution in [2.24, 2.45) is 12.8 Å². The minimum absolute atomic E-state index is 0.482. The summed E-state index contributed by atoms with van der Waals surface area (Å²) in [7, 11) is 3.66. The van der Waals surface area contributed by atoms with Gasteiger partial charge in [-0.25, -0.2) is 4.98 Å². The lowest BCUT2D eigenvalue weighted by molar-refractivity contribution is 0.408. The molecular formula is C14H19N3O. The van der Waals surface area contributed by atoms with Crippen LogP contribution in [0.25, 0.3) is 11.3 Å². The van der Waals surface area contributed by atoms with Gasteiger partial charge in [0.2, 0.25) is 0 Å². The number of imidazole rings is 1. The molecule has 1 aromatic carbocycles. The van der Waals surface area contributed by atoms with Crippen LogP contribution in [0.5, 0.6) is 5.75 Å². The van der Waals surface area contributed by atoms with E-state index in [1.54, 1.807) is 13.4 Å². The lowest BCUT2D eigenvalue weighted by Crippen LogP contribution is -2.04. The summed E-state index contributed by atoms with van der Waals surface area (Å²) in [5, 5.41) is 0. The van der Waals surface area contributed by atoms with Crippen molar-refractivity contribution in [3.8, 4) is 17.0 Å². The molecule has 0 radical (unpaired) electrons. The first-order valence-electron chi connectivity index (χ1n) is 5.94. The summed E-state index contributed by atoms with van der Waals surface area (Å²) >= 11 is 0. The van der Waals surface area contributed by atoms with Crippen LogP contribution in [0.1, 0.15) is 16.8 Å². The summed E-state index contributed by atoms with van der Waals surface area (Å²) < 4.78 is 7.34. The molecule has 2 aromatic rings. The number of aromatic nitrogens is 2. The number of rotatable bonds is 3. The Morgan fingerprint density at radius 2 is 1.89 bits per heavy atom. The van der Waals surface area contributed by atoms with Crippen molar-refractivity contribution in [3.63, 3.8) is 0 Å². The van der Waals surface area contributed by atoms with Gasteiger partial charge in [0.1, 0.15) is 5.75 Å². The smallest absolute Gasteiger partial charge is 0.124 e. The highest BCUT2D eigenvalue weighted by Gasteiger charge is 2.12. The van der Waals surface area contributed by atoms with E-state index in [9.17, 15) is 0 Å². The number of methoxy groups -OCH3 is 1. The van der Waals surface area contributed by atoms with Gasteiger partial charge in [-0.15, -0.1) is 0 Å². The Hall–Kier alpha value is -1.81. The quantitative estimate of drug-likeness (QED) is 0.901. The van der Waals surface area contributed by atoms with E-state index in [4.69, 9.17) is 10.5 Å². The Morgan fingerprint density at radius 1 is 1.28 bits per heavy atom. The van der Waals surface area contributed by atoms with Gasteiger partial charge in [-0.3, -0.25) is 0 Å². The lowest BCUT2D eigenvalue weighted by Gasteiger charge is -2.11. The van der Waals surface area contributed by atoms with Crippen molar-refractivity contribution in [2.75, 3.05) is 7.11 Å². The normalized spacial score (nSPS) is 10.7. The van der Waals surface area contributed by atoms with E-state index in [1.807, 2.05) is 25.5 Å². The number of nitrogens with zero attached hydrogens (tertiary/aromatic N) is 2. The highest BCUT2D eigenvalue weighted by Crippen LogP contribution is 2.30. The van der Waals surface area contributed by atoms with Gasteiger partial charge in [-0.1, -0.05) is 0 Å². The Kier molecular flexibility index (Phi) is 3.39. The lowest BCUT2D eigenvalue weighted by atomic mass is 10.0. The maximum Gasteiger partial charge on any atom is 0.124 e. The van der Waals surface area contributed by atoms with Crippen LogP contribution < -0.4 is 10.5 Å². The van der Waals surface area contributed by atoms with Crippen LogP contribution in [0.2, 0.25) is 0 Å². The van der Waals surface area contributed by atoms with Gasteiger partial charge in [0.05, 0.1) is 24.8 Å². The zero-order valence-corrected chi connectivity index (χ0v) is 11.3. The summed E-state index contributed by atoms with van der Waals surface area (Å²) in [6.07, 6.45) is 1.80. The monoisotopic (exact) mass is 245 g/mol. The van der Waals surface area contributed by atoms with E-state index in [0.717, 1.165) is 33.8 Å². The summed E-state index contributed by atoms with van der Waals surface area (Å²) in [5.74, 6) is 0.934. The van der Waals surface area contributed by atoms with E-state index in [0.29, 0.717) is 6.54 Å². The van der Waals surface area contributed by atoms with Crippen molar-refractivity contribution in [1.29, 1.82) is 0 Å². The van der Waals surface area contributed by atoms with E-state index >= 15 is 0 Å². The van der Waals surface area contributed by atoms with Crippen LogP contribution in [0.3, 0.4) is 0 Å². The number of ether oxygens (including phenoxy) is 1. The molecule has 0 aliphatic heterocycles. The van der Waals surface area contributed by atoms with Gasteiger partial charge in [0.15, 0.2) is 0 Å². The molecular weight excluding hydrogens is 226 g/mol. The molecule has 1 aromatic heterocycles. The molecule has 0 amide bonds. The van der Waals surface area contributed by atoms with E-state index in [1.165, 1.54) is 0 Å². The predicted molar refractivity (Wildman–Crippen MR) is 72.6 cm³/mol. The largest absolute Gasteiger partial charge is 0.496 e. The fourth-order valence-electron chi connectivity index (χ4n) is 2.35. The van der Waals surface area contributed by atoms with Crippen molar-refractivity contribution in [2.45, 2.75) is 20.4 Å². The minimum atomic E-state index is 0.482. The standard InChI is InChI=1S/C14H19N3O/c1-9-5-11(6-10(2)14(9)18-4)13-12(7-15)17(3)8-16-13/h5-6,8H,7,15H2,1-4H3. The van der Waals surface area contributed by atoms with Gasteiger partial charge >= 0.3 is 0 Å². The number of hydrogen-bond donors (Lipinski definition) is 1. The highest BCUT2D eigenvalue weighted by atomic mass is 16.5. The number of aryl methyl sites for hydroxylation is 3. The van der Waals surface area contributed by atoms with Gasteiger partial charge in [0.25, 0.3) is 0 Å². The molecule has 0 fully saturated rings. The molecule has 2 rings (SSSR count). The second kappa shape index (κ2) is 4.82. The molecule has 0 atom stereocenters. The van der Waals surface area contributed by atoms with E-state index in [2.05, 4.69) is 17.1 Å². The second-order valence-corrected chi connectivity index (χ2v) is 4.50. The van der Waals surface area contributed by atoms with Crippen LogP contribution in [0.15, 0.2) is 18.5 Å². The first-order valence-corrected chi connectivity index (χ1v) is 5.94.